The fraction of sp³-hybridized carbons (Fsp3) is 0.214. The molecule has 0 spiro atoms. The van der Waals surface area contributed by atoms with Crippen LogP contribution in [0.25, 0.3) is 0 Å². The van der Waals surface area contributed by atoms with Crippen molar-refractivity contribution in [1.82, 2.24) is 5.32 Å². The monoisotopic (exact) mass is 286 g/mol. The average Bonchev–Trinajstić information content (AvgIpc) is 2.87. The molecular weight excluding hydrogens is 272 g/mol. The second-order valence-corrected chi connectivity index (χ2v) is 5.32. The fourth-order valence-electron chi connectivity index (χ4n) is 2.18. The second-order valence-electron chi connectivity index (χ2n) is 4.41. The zero-order valence-corrected chi connectivity index (χ0v) is 11.6. The highest BCUT2D eigenvalue weighted by Crippen LogP contribution is 2.28. The van der Waals surface area contributed by atoms with Gasteiger partial charge in [-0.1, -0.05) is 35.5 Å². The van der Waals surface area contributed by atoms with Gasteiger partial charge in [-0.3, -0.25) is 10.3 Å². The van der Waals surface area contributed by atoms with E-state index in [4.69, 9.17) is 4.99 Å². The lowest BCUT2D eigenvalue weighted by molar-refractivity contribution is 0.582. The molecule has 0 aliphatic carbocycles. The summed E-state index contributed by atoms with van der Waals surface area (Å²) in [5.41, 5.74) is 3.14. The molecule has 1 aliphatic heterocycles. The van der Waals surface area contributed by atoms with E-state index in [1.165, 1.54) is 0 Å². The van der Waals surface area contributed by atoms with Crippen molar-refractivity contribution < 1.29 is 0 Å². The van der Waals surface area contributed by atoms with Crippen LogP contribution < -0.4 is 10.6 Å². The molecule has 2 N–H and O–H groups in total. The van der Waals surface area contributed by atoms with Crippen LogP contribution in [-0.4, -0.2) is 25.1 Å². The number of anilines is 1. The van der Waals surface area contributed by atoms with Crippen LogP contribution >= 0.6 is 11.3 Å². The Morgan fingerprint density at radius 1 is 1.35 bits per heavy atom. The van der Waals surface area contributed by atoms with Gasteiger partial charge in [-0.05, 0) is 11.4 Å². The van der Waals surface area contributed by atoms with Crippen molar-refractivity contribution in [3.05, 3.63) is 57.1 Å². The first kappa shape index (κ1) is 13.0. The quantitative estimate of drug-likeness (QED) is 0.849. The number of nitrogens with one attached hydrogen (secondary N) is 2. The van der Waals surface area contributed by atoms with Gasteiger partial charge in [0.15, 0.2) is 0 Å². The number of thiophene rings is 1. The van der Waals surface area contributed by atoms with Crippen molar-refractivity contribution in [2.75, 3.05) is 18.5 Å². The van der Waals surface area contributed by atoms with E-state index in [0.717, 1.165) is 21.8 Å². The highest BCUT2D eigenvalue weighted by molar-refractivity contribution is 7.13. The summed E-state index contributed by atoms with van der Waals surface area (Å²) in [5.74, 6) is 0. The number of fused-ring (bicyclic) bond motifs is 1. The van der Waals surface area contributed by atoms with Gasteiger partial charge in [0.2, 0.25) is 0 Å². The van der Waals surface area contributed by atoms with Crippen LogP contribution in [-0.2, 0) is 0 Å². The lowest BCUT2D eigenvalue weighted by atomic mass is 10.1. The smallest absolute Gasteiger partial charge is 0.133 e. The Kier molecular flexibility index (Phi) is 3.85. The van der Waals surface area contributed by atoms with Gasteiger partial charge in [0.05, 0.1) is 29.0 Å². The molecule has 0 bridgehead atoms. The van der Waals surface area contributed by atoms with Crippen molar-refractivity contribution in [1.29, 1.82) is 0 Å². The number of hydrogen-bond donors (Lipinski definition) is 2. The Bertz CT molecular complexity index is 623. The Labute approximate surface area is 120 Å². The number of nitrogens with zero attached hydrogens (tertiary/aromatic N) is 2. The molecule has 0 radical (unpaired) electrons. The Morgan fingerprint density at radius 2 is 2.20 bits per heavy atom. The maximum Gasteiger partial charge on any atom is 0.133 e. The van der Waals surface area contributed by atoms with Crippen LogP contribution in [0.4, 0.5) is 5.69 Å². The lowest BCUT2D eigenvalue weighted by Crippen LogP contribution is -2.38. The Balaban J connectivity index is 1.94. The third-order valence-electron chi connectivity index (χ3n) is 3.09. The normalized spacial score (nSPS) is 17.6. The topological polar surface area (TPSA) is 65.8 Å². The molecule has 1 unspecified atom stereocenters. The van der Waals surface area contributed by atoms with E-state index in [-0.39, 0.29) is 12.8 Å². The van der Waals surface area contributed by atoms with E-state index in [1.54, 1.807) is 11.3 Å². The molecule has 6 heteroatoms. The van der Waals surface area contributed by atoms with Crippen LogP contribution in [0, 0.1) is 4.91 Å². The number of nitroso groups, excluding NO2 is 1. The summed E-state index contributed by atoms with van der Waals surface area (Å²) in [4.78, 5) is 16.1. The lowest BCUT2D eigenvalue weighted by Gasteiger charge is -2.15. The van der Waals surface area contributed by atoms with Gasteiger partial charge in [0, 0.05) is 5.56 Å². The van der Waals surface area contributed by atoms with Crippen LogP contribution in [0.15, 0.2) is 51.9 Å². The summed E-state index contributed by atoms with van der Waals surface area (Å²) in [7, 11) is 0. The van der Waals surface area contributed by atoms with E-state index in [1.807, 2.05) is 29.6 Å². The van der Waals surface area contributed by atoms with E-state index in [2.05, 4.69) is 27.9 Å². The van der Waals surface area contributed by atoms with Crippen molar-refractivity contribution >= 4 is 22.7 Å². The maximum atomic E-state index is 10.2. The summed E-state index contributed by atoms with van der Waals surface area (Å²) in [5, 5.41) is 11.3. The first-order chi connectivity index (χ1) is 9.88. The van der Waals surface area contributed by atoms with Crippen LogP contribution in [0.2, 0.25) is 0 Å². The molecule has 1 aromatic heterocycles. The molecule has 3 rings (SSSR count). The van der Waals surface area contributed by atoms with E-state index < -0.39 is 0 Å². The molecular formula is C14H14N4OS. The summed E-state index contributed by atoms with van der Waals surface area (Å²) >= 11 is 1.66. The minimum atomic E-state index is -0.0812. The predicted molar refractivity (Wildman–Crippen MR) is 82.5 cm³/mol. The molecule has 1 aromatic carbocycles. The molecule has 2 aromatic rings. The van der Waals surface area contributed by atoms with Crippen LogP contribution in [0.5, 0.6) is 0 Å². The molecule has 5 nitrogen and oxygen atoms in total. The molecule has 1 aliphatic rings. The van der Waals surface area contributed by atoms with E-state index in [9.17, 15) is 4.91 Å². The summed E-state index contributed by atoms with van der Waals surface area (Å²) < 4.78 is 0. The van der Waals surface area contributed by atoms with Gasteiger partial charge in [0.25, 0.3) is 0 Å². The van der Waals surface area contributed by atoms with Crippen molar-refractivity contribution in [3.8, 4) is 0 Å². The molecule has 0 fully saturated rings. The third-order valence-corrected chi connectivity index (χ3v) is 4.01. The predicted octanol–water partition coefficient (Wildman–Crippen LogP) is 2.65. The number of aliphatic imine (C=N–C) groups is 1. The number of rotatable bonds is 4. The van der Waals surface area contributed by atoms with E-state index in [0.29, 0.717) is 6.54 Å². The van der Waals surface area contributed by atoms with Gasteiger partial charge >= 0.3 is 0 Å². The van der Waals surface area contributed by atoms with E-state index >= 15 is 0 Å². The van der Waals surface area contributed by atoms with Crippen molar-refractivity contribution in [2.24, 2.45) is 10.2 Å². The van der Waals surface area contributed by atoms with Gasteiger partial charge < -0.3 is 5.32 Å². The van der Waals surface area contributed by atoms with Crippen molar-refractivity contribution in [3.63, 3.8) is 0 Å². The molecule has 0 saturated carbocycles. The van der Waals surface area contributed by atoms with Gasteiger partial charge in [-0.25, -0.2) is 0 Å². The van der Waals surface area contributed by atoms with Gasteiger partial charge in [0.1, 0.15) is 6.67 Å². The number of hydrogen-bond acceptors (Lipinski definition) is 6. The minimum Gasteiger partial charge on any atom is -0.367 e. The molecule has 1 atom stereocenters. The standard InChI is InChI=1S/C14H14N4OS/c19-17-9-16-12-8-15-13(10-4-2-1-3-5-10)14-11(18-12)6-7-20-14/h1-7,12,16,18H,8-9H2. The molecule has 102 valence electrons. The maximum absolute atomic E-state index is 10.2. The molecule has 0 saturated heterocycles. The van der Waals surface area contributed by atoms with Gasteiger partial charge in [-0.15, -0.1) is 16.2 Å². The number of benzene rings is 1. The summed E-state index contributed by atoms with van der Waals surface area (Å²) in [6.07, 6.45) is -0.0812. The molecule has 2 heterocycles. The zero-order chi connectivity index (χ0) is 13.8. The molecule has 20 heavy (non-hydrogen) atoms. The highest BCUT2D eigenvalue weighted by Gasteiger charge is 2.20. The minimum absolute atomic E-state index is 0.0767. The van der Waals surface area contributed by atoms with Gasteiger partial charge in [-0.2, -0.15) is 0 Å². The third kappa shape index (κ3) is 2.61. The summed E-state index contributed by atoms with van der Waals surface area (Å²) in [6, 6.07) is 12.2. The van der Waals surface area contributed by atoms with Crippen molar-refractivity contribution in [2.45, 2.75) is 6.17 Å². The Morgan fingerprint density at radius 3 is 3.00 bits per heavy atom. The first-order valence-electron chi connectivity index (χ1n) is 6.35. The second kappa shape index (κ2) is 5.94. The van der Waals surface area contributed by atoms with Crippen LogP contribution in [0.3, 0.4) is 0 Å². The largest absolute Gasteiger partial charge is 0.367 e. The zero-order valence-electron chi connectivity index (χ0n) is 10.7. The first-order valence-corrected chi connectivity index (χ1v) is 7.23. The van der Waals surface area contributed by atoms with Crippen LogP contribution in [0.1, 0.15) is 10.4 Å². The highest BCUT2D eigenvalue weighted by atomic mass is 32.1. The fourth-order valence-corrected chi connectivity index (χ4v) is 3.06. The molecule has 0 amide bonds. The average molecular weight is 286 g/mol. The SMILES string of the molecule is O=NCNC1CN=C(c2ccccc2)c2sccc2N1. The summed E-state index contributed by atoms with van der Waals surface area (Å²) in [6.45, 7) is 0.633. The Hall–Kier alpha value is -2.05.